The average Bonchev–Trinajstić information content (AvgIpc) is 3.50. The van der Waals surface area contributed by atoms with Crippen molar-refractivity contribution in [3.8, 4) is 62.5 Å². The predicted octanol–water partition coefficient (Wildman–Crippen LogP) is 10.3. The van der Waals surface area contributed by atoms with E-state index in [4.69, 9.17) is 19.4 Å². The summed E-state index contributed by atoms with van der Waals surface area (Å²) < 4.78 is 6.40. The lowest BCUT2D eigenvalue weighted by molar-refractivity contribution is 0.669. The summed E-state index contributed by atoms with van der Waals surface area (Å²) in [5, 5.41) is 11.6. The van der Waals surface area contributed by atoms with Crippen LogP contribution in [0.2, 0.25) is 0 Å². The summed E-state index contributed by atoms with van der Waals surface area (Å²) in [5.41, 5.74) is 10.2. The average molecular weight is 591 g/mol. The Morgan fingerprint density at radius 3 is 1.80 bits per heavy atom. The van der Waals surface area contributed by atoms with Gasteiger partial charge in [-0.25, -0.2) is 15.0 Å². The molecule has 5 heteroatoms. The molecule has 46 heavy (non-hydrogen) atoms. The molecule has 0 amide bonds. The molecule has 0 saturated carbocycles. The molecule has 2 aromatic heterocycles. The van der Waals surface area contributed by atoms with E-state index in [1.54, 1.807) is 0 Å². The van der Waals surface area contributed by atoms with Crippen molar-refractivity contribution in [1.82, 2.24) is 15.0 Å². The fraction of sp³-hybridized carbons (Fsp3) is 0.0244. The second-order valence-electron chi connectivity index (χ2n) is 11.3. The molecule has 0 aliphatic rings. The molecule has 0 fully saturated rings. The number of benzene rings is 6. The fourth-order valence-electron chi connectivity index (χ4n) is 6.00. The van der Waals surface area contributed by atoms with Crippen LogP contribution in [0.1, 0.15) is 11.1 Å². The molecule has 0 unspecified atom stereocenters. The Labute approximate surface area is 266 Å². The number of furan rings is 1. The van der Waals surface area contributed by atoms with E-state index in [2.05, 4.69) is 54.6 Å². The maximum atomic E-state index is 9.44. The van der Waals surface area contributed by atoms with Crippen LogP contribution >= 0.6 is 0 Å². The molecule has 0 N–H and O–H groups in total. The van der Waals surface area contributed by atoms with Crippen LogP contribution in [0.5, 0.6) is 0 Å². The van der Waals surface area contributed by atoms with Gasteiger partial charge in [0.05, 0.1) is 11.6 Å². The smallest absolute Gasteiger partial charge is 0.164 e. The lowest BCUT2D eigenvalue weighted by atomic mass is 9.99. The molecule has 0 atom stereocenters. The number of nitriles is 1. The van der Waals surface area contributed by atoms with Gasteiger partial charge in [-0.2, -0.15) is 5.26 Å². The molecule has 0 aliphatic heterocycles. The van der Waals surface area contributed by atoms with Gasteiger partial charge in [0.1, 0.15) is 11.2 Å². The van der Waals surface area contributed by atoms with Gasteiger partial charge in [0, 0.05) is 27.5 Å². The summed E-state index contributed by atoms with van der Waals surface area (Å²) in [4.78, 5) is 14.8. The van der Waals surface area contributed by atoms with Gasteiger partial charge in [-0.3, -0.25) is 0 Å². The van der Waals surface area contributed by atoms with E-state index in [1.807, 2.05) is 97.9 Å². The molecule has 0 saturated heterocycles. The van der Waals surface area contributed by atoms with Crippen LogP contribution in [0, 0.1) is 18.3 Å². The number of fused-ring (bicyclic) bond motifs is 3. The Morgan fingerprint density at radius 1 is 0.500 bits per heavy atom. The Balaban J connectivity index is 1.24. The van der Waals surface area contributed by atoms with Gasteiger partial charge in [0.15, 0.2) is 17.5 Å². The summed E-state index contributed by atoms with van der Waals surface area (Å²) in [6.45, 7) is 2.00. The molecule has 8 aromatic rings. The fourth-order valence-corrected chi connectivity index (χ4v) is 6.00. The van der Waals surface area contributed by atoms with Gasteiger partial charge in [-0.1, -0.05) is 109 Å². The summed E-state index contributed by atoms with van der Waals surface area (Å²) >= 11 is 0. The van der Waals surface area contributed by atoms with Crippen molar-refractivity contribution in [2.75, 3.05) is 0 Å². The van der Waals surface area contributed by atoms with Crippen molar-refractivity contribution in [2.45, 2.75) is 6.92 Å². The third-order valence-electron chi connectivity index (χ3n) is 8.19. The monoisotopic (exact) mass is 590 g/mol. The zero-order valence-electron chi connectivity index (χ0n) is 25.0. The topological polar surface area (TPSA) is 75.6 Å². The first-order valence-electron chi connectivity index (χ1n) is 15.1. The minimum atomic E-state index is 0.566. The summed E-state index contributed by atoms with van der Waals surface area (Å²) in [7, 11) is 0. The first-order chi connectivity index (χ1) is 22.6. The van der Waals surface area contributed by atoms with E-state index in [1.165, 1.54) is 0 Å². The van der Waals surface area contributed by atoms with Crippen LogP contribution < -0.4 is 0 Å². The van der Waals surface area contributed by atoms with Crippen LogP contribution in [0.3, 0.4) is 0 Å². The van der Waals surface area contributed by atoms with E-state index in [0.717, 1.165) is 66.4 Å². The second-order valence-corrected chi connectivity index (χ2v) is 11.3. The van der Waals surface area contributed by atoms with Gasteiger partial charge in [0.2, 0.25) is 0 Å². The Kier molecular flexibility index (Phi) is 6.67. The molecule has 216 valence electrons. The minimum Gasteiger partial charge on any atom is -0.456 e. The lowest BCUT2D eigenvalue weighted by Crippen LogP contribution is -2.00. The number of rotatable bonds is 5. The largest absolute Gasteiger partial charge is 0.456 e. The summed E-state index contributed by atoms with van der Waals surface area (Å²) in [5.74, 6) is 1.74. The number of nitrogens with zero attached hydrogens (tertiary/aromatic N) is 4. The first kappa shape index (κ1) is 27.2. The molecule has 5 nitrogen and oxygen atoms in total. The second kappa shape index (κ2) is 11.3. The van der Waals surface area contributed by atoms with Gasteiger partial charge < -0.3 is 4.42 Å². The van der Waals surface area contributed by atoms with E-state index < -0.39 is 0 Å². The quantitative estimate of drug-likeness (QED) is 0.199. The van der Waals surface area contributed by atoms with E-state index in [-0.39, 0.29) is 0 Å². The Bertz CT molecular complexity index is 2420. The number of aromatic nitrogens is 3. The number of hydrogen-bond donors (Lipinski definition) is 0. The van der Waals surface area contributed by atoms with Crippen molar-refractivity contribution >= 4 is 21.9 Å². The van der Waals surface area contributed by atoms with Crippen molar-refractivity contribution in [2.24, 2.45) is 0 Å². The molecule has 0 radical (unpaired) electrons. The van der Waals surface area contributed by atoms with Crippen molar-refractivity contribution in [1.29, 1.82) is 5.26 Å². The van der Waals surface area contributed by atoms with Crippen molar-refractivity contribution < 1.29 is 4.42 Å². The van der Waals surface area contributed by atoms with Gasteiger partial charge >= 0.3 is 0 Å². The number of hydrogen-bond acceptors (Lipinski definition) is 5. The molecule has 0 aliphatic carbocycles. The highest BCUT2D eigenvalue weighted by atomic mass is 16.3. The molecule has 6 aromatic carbocycles. The van der Waals surface area contributed by atoms with Gasteiger partial charge in [0.25, 0.3) is 0 Å². The van der Waals surface area contributed by atoms with Crippen LogP contribution in [-0.2, 0) is 0 Å². The third kappa shape index (κ3) is 4.98. The lowest BCUT2D eigenvalue weighted by Gasteiger charge is -2.09. The molecule has 0 bridgehead atoms. The normalized spacial score (nSPS) is 11.1. The first-order valence-corrected chi connectivity index (χ1v) is 15.1. The van der Waals surface area contributed by atoms with Crippen molar-refractivity contribution in [3.63, 3.8) is 0 Å². The molecular weight excluding hydrogens is 564 g/mol. The number of aryl methyl sites for hydroxylation is 1. The molecule has 0 spiro atoms. The van der Waals surface area contributed by atoms with E-state index in [9.17, 15) is 5.26 Å². The SMILES string of the molecule is Cc1cc(C#N)cc(-c2ccc(-c3nc(-c4ccccc4)nc(-c4ccc5c(c4)oc4cccc(-c6ccccc6)c45)n3)cc2)c1. The molecule has 8 rings (SSSR count). The van der Waals surface area contributed by atoms with Crippen molar-refractivity contribution in [3.05, 3.63) is 151 Å². The summed E-state index contributed by atoms with van der Waals surface area (Å²) in [6.07, 6.45) is 0. The predicted molar refractivity (Wildman–Crippen MR) is 184 cm³/mol. The standard InChI is InChI=1S/C41H26N4O/c1-26-21-27(25-42)23-33(22-26)28-15-17-31(18-16-28)40-43-39(30-11-6-3-7-12-30)44-41(45-40)32-19-20-35-37(24-32)46-36-14-8-13-34(38(35)36)29-9-4-2-5-10-29/h2-24H,1H3. The van der Waals surface area contributed by atoms with Gasteiger partial charge in [-0.05, 0) is 65.1 Å². The highest BCUT2D eigenvalue weighted by Crippen LogP contribution is 2.38. The van der Waals surface area contributed by atoms with E-state index in [0.29, 0.717) is 23.0 Å². The van der Waals surface area contributed by atoms with Crippen LogP contribution in [0.25, 0.3) is 78.4 Å². The Morgan fingerprint density at radius 2 is 1.11 bits per heavy atom. The van der Waals surface area contributed by atoms with E-state index >= 15 is 0 Å². The zero-order chi connectivity index (χ0) is 31.0. The molecule has 2 heterocycles. The summed E-state index contributed by atoms with van der Waals surface area (Å²) in [6, 6.07) is 48.9. The maximum Gasteiger partial charge on any atom is 0.164 e. The van der Waals surface area contributed by atoms with Gasteiger partial charge in [-0.15, -0.1) is 0 Å². The highest BCUT2D eigenvalue weighted by Gasteiger charge is 2.16. The molecular formula is C41H26N4O. The zero-order valence-corrected chi connectivity index (χ0v) is 25.0. The van der Waals surface area contributed by atoms with Crippen LogP contribution in [0.4, 0.5) is 0 Å². The highest BCUT2D eigenvalue weighted by molar-refractivity contribution is 6.12. The third-order valence-corrected chi connectivity index (χ3v) is 8.19. The minimum absolute atomic E-state index is 0.566. The Hall–Kier alpha value is -6.38. The maximum absolute atomic E-state index is 9.44. The van der Waals surface area contributed by atoms with Crippen LogP contribution in [0.15, 0.2) is 144 Å². The van der Waals surface area contributed by atoms with Crippen LogP contribution in [-0.4, -0.2) is 15.0 Å².